The summed E-state index contributed by atoms with van der Waals surface area (Å²) in [5.41, 5.74) is -3.56. The van der Waals surface area contributed by atoms with Crippen LogP contribution in [0.4, 0.5) is 26.3 Å². The van der Waals surface area contributed by atoms with Gasteiger partial charge in [-0.25, -0.2) is 17.6 Å². The highest BCUT2D eigenvalue weighted by Gasteiger charge is 2.57. The number of hydrogen-bond acceptors (Lipinski definition) is 5. The molecule has 4 rings (SSSR count). The van der Waals surface area contributed by atoms with Crippen LogP contribution in [-0.4, -0.2) is 23.0 Å². The molecule has 0 bridgehead atoms. The number of nitrogens with two attached hydrogens (primary N) is 1. The van der Waals surface area contributed by atoms with Crippen LogP contribution in [-0.2, 0) is 18.1 Å². The Kier molecular flexibility index (Phi) is 9.97. The van der Waals surface area contributed by atoms with Crippen molar-refractivity contribution >= 4 is 6.34 Å². The Morgan fingerprint density at radius 2 is 1.61 bits per heavy atom. The van der Waals surface area contributed by atoms with E-state index < -0.39 is 47.4 Å². The number of ether oxygens (including phenoxy) is 1. The second-order valence-corrected chi connectivity index (χ2v) is 9.28. The Morgan fingerprint density at radius 3 is 2.23 bits per heavy atom. The van der Waals surface area contributed by atoms with Crippen molar-refractivity contribution in [1.82, 2.24) is 4.98 Å². The minimum atomic E-state index is -4.21. The van der Waals surface area contributed by atoms with Crippen molar-refractivity contribution in [1.29, 1.82) is 0 Å². The lowest BCUT2D eigenvalue weighted by Gasteiger charge is -2.34. The van der Waals surface area contributed by atoms with Gasteiger partial charge in [0, 0.05) is 34.5 Å². The number of alkyl halides is 4. The molecule has 1 aromatic heterocycles. The zero-order valence-corrected chi connectivity index (χ0v) is 22.6. The summed E-state index contributed by atoms with van der Waals surface area (Å²) in [5, 5.41) is 17.2. The van der Waals surface area contributed by atoms with Gasteiger partial charge in [0.2, 0.25) is 0 Å². The maximum Gasteiger partial charge on any atom is 0.323 e. The molecule has 0 spiro atoms. The number of aliphatic hydroxyl groups is 1. The van der Waals surface area contributed by atoms with Crippen LogP contribution < -0.4 is 10.6 Å². The second-order valence-electron chi connectivity index (χ2n) is 9.28. The van der Waals surface area contributed by atoms with E-state index in [0.29, 0.717) is 29.8 Å². The number of aromatic nitrogens is 1. The Labute approximate surface area is 247 Å². The van der Waals surface area contributed by atoms with Gasteiger partial charge < -0.3 is 15.7 Å². The SMILES string of the molecule is NN=NC=NCC(O)(c1ccc(F)cc1F)C(F)(F)c1ccc(C#Cc2ccc(COc3ccc(C(F)F)cc3)cc2)cn1. The standard InChI is InChI=1S/C31H23F6N5O2/c32-24-10-13-26(27(33)15-24)30(43,18-39-19-41-42-38)31(36,37)28-14-7-21(16-40-28)4-1-20-2-5-22(6-3-20)17-44-25-11-8-23(9-12-25)29(34)35/h2-3,5-16,19,29,43H,17-18H2,(H2,38,39,41). The topological polar surface area (TPSA) is 105 Å². The third kappa shape index (κ3) is 7.40. The molecule has 0 fully saturated rings. The molecule has 0 saturated heterocycles. The molecule has 4 aromatic rings. The summed E-state index contributed by atoms with van der Waals surface area (Å²) in [6.45, 7) is -0.894. The fourth-order valence-corrected chi connectivity index (χ4v) is 3.99. The molecule has 13 heteroatoms. The molecule has 1 heterocycles. The normalized spacial score (nSPS) is 13.2. The van der Waals surface area contributed by atoms with Crippen molar-refractivity contribution in [2.24, 2.45) is 21.2 Å². The molecule has 0 aliphatic rings. The molecule has 0 saturated carbocycles. The van der Waals surface area contributed by atoms with Crippen LogP contribution in [0.2, 0.25) is 0 Å². The van der Waals surface area contributed by atoms with E-state index in [-0.39, 0.29) is 17.7 Å². The van der Waals surface area contributed by atoms with Crippen molar-refractivity contribution in [2.75, 3.05) is 6.54 Å². The summed E-state index contributed by atoms with van der Waals surface area (Å²) in [7, 11) is 0. The van der Waals surface area contributed by atoms with Crippen molar-refractivity contribution in [3.05, 3.63) is 130 Å². The van der Waals surface area contributed by atoms with E-state index in [9.17, 15) is 22.7 Å². The lowest BCUT2D eigenvalue weighted by molar-refractivity contribution is -0.193. The van der Waals surface area contributed by atoms with Crippen LogP contribution in [0.25, 0.3) is 0 Å². The first-order chi connectivity index (χ1) is 21.0. The lowest BCUT2D eigenvalue weighted by atomic mass is 9.84. The first kappa shape index (κ1) is 31.7. The monoisotopic (exact) mass is 611 g/mol. The summed E-state index contributed by atoms with van der Waals surface area (Å²) in [6.07, 6.45) is -0.798. The van der Waals surface area contributed by atoms with Gasteiger partial charge in [-0.05, 0) is 66.2 Å². The van der Waals surface area contributed by atoms with E-state index in [1.165, 1.54) is 30.3 Å². The lowest BCUT2D eigenvalue weighted by Crippen LogP contribution is -2.47. The third-order valence-corrected chi connectivity index (χ3v) is 6.34. The van der Waals surface area contributed by atoms with E-state index in [0.717, 1.165) is 23.9 Å². The fraction of sp³-hybridized carbons (Fsp3) is 0.161. The van der Waals surface area contributed by atoms with Crippen LogP contribution >= 0.6 is 0 Å². The summed E-state index contributed by atoms with van der Waals surface area (Å²) in [4.78, 5) is 7.30. The molecule has 0 aliphatic carbocycles. The number of rotatable bonds is 10. The molecule has 3 N–H and O–H groups in total. The van der Waals surface area contributed by atoms with Gasteiger partial charge in [-0.2, -0.15) is 8.78 Å². The predicted molar refractivity (Wildman–Crippen MR) is 149 cm³/mol. The van der Waals surface area contributed by atoms with Gasteiger partial charge in [0.05, 0.1) is 6.54 Å². The highest BCUT2D eigenvalue weighted by molar-refractivity contribution is 5.54. The van der Waals surface area contributed by atoms with Crippen LogP contribution in [0.15, 0.2) is 100 Å². The van der Waals surface area contributed by atoms with Crippen LogP contribution in [0, 0.1) is 23.5 Å². The molecule has 0 amide bonds. The van der Waals surface area contributed by atoms with E-state index in [1.807, 2.05) is 0 Å². The zero-order chi connectivity index (χ0) is 31.7. The first-order valence-corrected chi connectivity index (χ1v) is 12.8. The molecule has 3 aromatic carbocycles. The molecule has 226 valence electrons. The average Bonchev–Trinajstić information content (AvgIpc) is 3.02. The number of benzene rings is 3. The molecule has 0 aliphatic heterocycles. The first-order valence-electron chi connectivity index (χ1n) is 12.8. The Hall–Kier alpha value is -5.22. The van der Waals surface area contributed by atoms with Crippen LogP contribution in [0.1, 0.15) is 39.9 Å². The third-order valence-electron chi connectivity index (χ3n) is 6.34. The number of pyridine rings is 1. The van der Waals surface area contributed by atoms with Gasteiger partial charge in [-0.3, -0.25) is 9.98 Å². The van der Waals surface area contributed by atoms with E-state index in [2.05, 4.69) is 32.2 Å². The highest BCUT2D eigenvalue weighted by Crippen LogP contribution is 2.46. The van der Waals surface area contributed by atoms with Crippen molar-refractivity contribution in [3.8, 4) is 17.6 Å². The van der Waals surface area contributed by atoms with Crippen molar-refractivity contribution < 1.29 is 36.2 Å². The number of aliphatic imine (C=N–C) groups is 1. The smallest absolute Gasteiger partial charge is 0.323 e. The molecule has 0 radical (unpaired) electrons. The second kappa shape index (κ2) is 13.8. The van der Waals surface area contributed by atoms with Crippen LogP contribution in [0.5, 0.6) is 5.75 Å². The van der Waals surface area contributed by atoms with Gasteiger partial charge in [-0.15, -0.1) is 5.11 Å². The van der Waals surface area contributed by atoms with E-state index in [4.69, 9.17) is 10.6 Å². The predicted octanol–water partition coefficient (Wildman–Crippen LogP) is 6.61. The van der Waals surface area contributed by atoms with Gasteiger partial charge in [0.25, 0.3) is 6.43 Å². The maximum absolute atomic E-state index is 15.7. The minimum absolute atomic E-state index is 0.0990. The molecule has 7 nitrogen and oxygen atoms in total. The fourth-order valence-electron chi connectivity index (χ4n) is 3.99. The van der Waals surface area contributed by atoms with Gasteiger partial charge in [0.15, 0.2) is 5.60 Å². The number of hydrogen-bond donors (Lipinski definition) is 2. The van der Waals surface area contributed by atoms with Gasteiger partial charge in [0.1, 0.15) is 36.0 Å². The summed E-state index contributed by atoms with van der Waals surface area (Å²) in [6, 6.07) is 16.4. The van der Waals surface area contributed by atoms with Crippen molar-refractivity contribution in [2.45, 2.75) is 24.6 Å². The minimum Gasteiger partial charge on any atom is -0.489 e. The summed E-state index contributed by atoms with van der Waals surface area (Å²) in [5.74, 6) is 4.30. The molecule has 1 atom stereocenters. The molecule has 44 heavy (non-hydrogen) atoms. The number of nitrogens with zero attached hydrogens (tertiary/aromatic N) is 4. The summed E-state index contributed by atoms with van der Waals surface area (Å²) < 4.78 is 90.4. The molecular formula is C31H23F6N5O2. The van der Waals surface area contributed by atoms with Crippen molar-refractivity contribution in [3.63, 3.8) is 0 Å². The van der Waals surface area contributed by atoms with Gasteiger partial charge >= 0.3 is 5.92 Å². The average molecular weight is 612 g/mol. The van der Waals surface area contributed by atoms with E-state index >= 15 is 8.78 Å². The Morgan fingerprint density at radius 1 is 0.932 bits per heavy atom. The highest BCUT2D eigenvalue weighted by atomic mass is 19.3. The largest absolute Gasteiger partial charge is 0.489 e. The summed E-state index contributed by atoms with van der Waals surface area (Å²) >= 11 is 0. The number of halogens is 6. The van der Waals surface area contributed by atoms with E-state index in [1.54, 1.807) is 24.3 Å². The van der Waals surface area contributed by atoms with Gasteiger partial charge in [-0.1, -0.05) is 29.2 Å². The zero-order valence-electron chi connectivity index (χ0n) is 22.6. The molecular weight excluding hydrogens is 588 g/mol. The van der Waals surface area contributed by atoms with Crippen LogP contribution in [0.3, 0.4) is 0 Å². The quantitative estimate of drug-likeness (QED) is 0.0401. The Bertz CT molecular complexity index is 1690. The Balaban J connectivity index is 1.48. The molecule has 1 unspecified atom stereocenters. The maximum atomic E-state index is 15.7.